The first kappa shape index (κ1) is 23.1. The van der Waals surface area contributed by atoms with E-state index in [9.17, 15) is 0 Å². The summed E-state index contributed by atoms with van der Waals surface area (Å²) in [4.78, 5) is 6.65. The van der Waals surface area contributed by atoms with Gasteiger partial charge in [0.1, 0.15) is 0 Å². The van der Waals surface area contributed by atoms with E-state index >= 15 is 0 Å². The Morgan fingerprint density at radius 3 is 2.70 bits per heavy atom. The first-order valence-electron chi connectivity index (χ1n) is 12.4. The molecule has 0 amide bonds. The van der Waals surface area contributed by atoms with E-state index in [2.05, 4.69) is 78.2 Å². The van der Waals surface area contributed by atoms with Crippen molar-refractivity contribution in [2.45, 2.75) is 64.0 Å². The van der Waals surface area contributed by atoms with Crippen molar-refractivity contribution in [1.29, 1.82) is 0 Å². The van der Waals surface area contributed by atoms with Gasteiger partial charge in [-0.1, -0.05) is 36.7 Å². The van der Waals surface area contributed by atoms with Gasteiger partial charge in [0.15, 0.2) is 0 Å². The van der Waals surface area contributed by atoms with Crippen LogP contribution in [0.3, 0.4) is 0 Å². The van der Waals surface area contributed by atoms with Gasteiger partial charge in [0, 0.05) is 18.3 Å². The monoisotopic (exact) mass is 478 g/mol. The van der Waals surface area contributed by atoms with Gasteiger partial charge in [-0.15, -0.1) is 11.8 Å². The molecule has 174 valence electrons. The molecule has 3 unspecified atom stereocenters. The number of hydrogen-bond acceptors (Lipinski definition) is 2. The van der Waals surface area contributed by atoms with Crippen molar-refractivity contribution in [2.75, 3.05) is 13.6 Å². The molecule has 6 rings (SSSR count). The molecular weight excluding hydrogens is 444 g/mol. The lowest BCUT2D eigenvalue weighted by molar-refractivity contribution is 0.169. The molecule has 1 saturated carbocycles. The van der Waals surface area contributed by atoms with E-state index in [0.29, 0.717) is 16.6 Å². The van der Waals surface area contributed by atoms with Crippen LogP contribution in [0.15, 0.2) is 40.7 Å². The molecule has 2 aromatic carbocycles. The van der Waals surface area contributed by atoms with Crippen LogP contribution < -0.4 is 0 Å². The van der Waals surface area contributed by atoms with Crippen LogP contribution in [0.5, 0.6) is 0 Å². The molecule has 2 bridgehead atoms. The second-order valence-corrected chi connectivity index (χ2v) is 12.0. The number of aryl methyl sites for hydroxylation is 3. The lowest BCUT2D eigenvalue weighted by Crippen LogP contribution is -2.53. The minimum Gasteiger partial charge on any atom is -0.366 e. The van der Waals surface area contributed by atoms with Crippen molar-refractivity contribution >= 4 is 41.0 Å². The zero-order chi connectivity index (χ0) is 23.2. The quantitative estimate of drug-likeness (QED) is 0.310. The van der Waals surface area contributed by atoms with Gasteiger partial charge in [-0.3, -0.25) is 0 Å². The minimum atomic E-state index is 0.295. The van der Waals surface area contributed by atoms with E-state index in [1.165, 1.54) is 48.8 Å². The molecule has 33 heavy (non-hydrogen) atoms. The number of benzene rings is 2. The third-order valence-electron chi connectivity index (χ3n) is 8.29. The van der Waals surface area contributed by atoms with E-state index in [1.807, 2.05) is 13.4 Å². The second kappa shape index (κ2) is 9.15. The van der Waals surface area contributed by atoms with Crippen LogP contribution in [0.4, 0.5) is 5.69 Å². The van der Waals surface area contributed by atoms with E-state index in [0.717, 1.165) is 23.7 Å². The smallest absolute Gasteiger partial charge is 0.0910 e. The van der Waals surface area contributed by atoms with Gasteiger partial charge in [0.25, 0.3) is 0 Å². The molecule has 0 aromatic heterocycles. The summed E-state index contributed by atoms with van der Waals surface area (Å²) in [6.45, 7) is 7.70. The molecule has 2 aliphatic carbocycles. The van der Waals surface area contributed by atoms with Crippen LogP contribution in [-0.2, 0) is 19.3 Å². The van der Waals surface area contributed by atoms with Crippen molar-refractivity contribution in [3.05, 3.63) is 68.6 Å². The molecule has 4 aliphatic rings. The number of halogens is 1. The van der Waals surface area contributed by atoms with Crippen LogP contribution in [0.1, 0.15) is 60.9 Å². The molecule has 4 heteroatoms. The molecule has 2 aromatic rings. The molecule has 0 spiro atoms. The Balaban J connectivity index is 1.35. The first-order valence-corrected chi connectivity index (χ1v) is 13.7. The van der Waals surface area contributed by atoms with Gasteiger partial charge in [0.2, 0.25) is 0 Å². The average Bonchev–Trinajstić information content (AvgIpc) is 2.84. The predicted octanol–water partition coefficient (Wildman–Crippen LogP) is 7.86. The van der Waals surface area contributed by atoms with Crippen LogP contribution in [0.2, 0.25) is 5.02 Å². The molecule has 2 heterocycles. The molecule has 0 saturated heterocycles. The highest BCUT2D eigenvalue weighted by Crippen LogP contribution is 2.63. The summed E-state index contributed by atoms with van der Waals surface area (Å²) in [6, 6.07) is 11.6. The van der Waals surface area contributed by atoms with Crippen molar-refractivity contribution in [1.82, 2.24) is 4.90 Å². The Hall–Kier alpha value is -1.71. The Morgan fingerprint density at radius 2 is 1.97 bits per heavy atom. The number of rotatable bonds is 6. The van der Waals surface area contributed by atoms with E-state index in [4.69, 9.17) is 11.6 Å². The van der Waals surface area contributed by atoms with Crippen molar-refractivity contribution in [3.8, 4) is 0 Å². The number of hydrogen-bond donors (Lipinski definition) is 0. The molecule has 2 aliphatic heterocycles. The lowest BCUT2D eigenvalue weighted by Gasteiger charge is -2.57. The number of nitrogens with zero attached hydrogens (tertiary/aromatic N) is 2. The molecule has 2 nitrogen and oxygen atoms in total. The van der Waals surface area contributed by atoms with E-state index < -0.39 is 0 Å². The fourth-order valence-corrected chi connectivity index (χ4v) is 7.58. The number of fused-ring (bicyclic) bond motifs is 2. The van der Waals surface area contributed by atoms with E-state index in [-0.39, 0.29) is 0 Å². The predicted molar refractivity (Wildman–Crippen MR) is 145 cm³/mol. The number of thioether (sulfide) groups is 1. The number of aliphatic imine (C=N–C) groups is 1. The summed E-state index contributed by atoms with van der Waals surface area (Å²) in [6.07, 6.45) is 9.40. The summed E-state index contributed by atoms with van der Waals surface area (Å²) in [5, 5.41) is 3.23. The summed E-state index contributed by atoms with van der Waals surface area (Å²) in [5.41, 5.74) is 9.72. The normalized spacial score (nSPS) is 26.0. The molecule has 3 atom stereocenters. The van der Waals surface area contributed by atoms with Crippen LogP contribution in [0.25, 0.3) is 5.57 Å². The summed E-state index contributed by atoms with van der Waals surface area (Å²) >= 11 is 8.72. The fraction of sp³-hybridized carbons (Fsp3) is 0.483. The average molecular weight is 479 g/mol. The third kappa shape index (κ3) is 4.28. The fourth-order valence-electron chi connectivity index (χ4n) is 5.78. The Kier molecular flexibility index (Phi) is 6.39. The first-order chi connectivity index (χ1) is 15.9. The maximum atomic E-state index is 6.65. The summed E-state index contributed by atoms with van der Waals surface area (Å²) in [5.74, 6) is 1.35. The topological polar surface area (TPSA) is 15.6 Å². The van der Waals surface area contributed by atoms with Crippen molar-refractivity contribution < 1.29 is 0 Å². The molecule has 0 N–H and O–H groups in total. The van der Waals surface area contributed by atoms with E-state index in [1.54, 1.807) is 16.7 Å². The van der Waals surface area contributed by atoms with Crippen LogP contribution >= 0.6 is 23.4 Å². The van der Waals surface area contributed by atoms with Crippen LogP contribution in [-0.4, -0.2) is 29.6 Å². The maximum Gasteiger partial charge on any atom is 0.0910 e. The SMILES string of the molecule is CCN(C)C=Nc1cc(C)c(CC23CC(C(c4ccc5c(c4)CCCC5)=CS2)C3C)cc1Cl. The second-order valence-electron chi connectivity index (χ2n) is 10.3. The van der Waals surface area contributed by atoms with Crippen molar-refractivity contribution in [2.24, 2.45) is 16.8 Å². The lowest BCUT2D eigenvalue weighted by atomic mass is 9.59. The Labute approximate surface area is 208 Å². The van der Waals surface area contributed by atoms with Gasteiger partial charge in [0.05, 0.1) is 17.0 Å². The summed E-state index contributed by atoms with van der Waals surface area (Å²) < 4.78 is 0.295. The standard InChI is InChI=1S/C29H35ClN2S/c1-5-32(4)18-31-28-12-19(2)24(14-27(28)30)15-29-16-25(20(29)3)26(17-33-29)23-11-10-21-8-6-7-9-22(21)13-23/h10-14,17-18,20,25H,5-9,15-16H2,1-4H3. The minimum absolute atomic E-state index is 0.295. The highest BCUT2D eigenvalue weighted by atomic mass is 35.5. The molecular formula is C29H35ClN2S. The van der Waals surface area contributed by atoms with Gasteiger partial charge in [-0.2, -0.15) is 0 Å². The maximum absolute atomic E-state index is 6.65. The Bertz CT molecular complexity index is 1120. The third-order valence-corrected chi connectivity index (χ3v) is 10.1. The van der Waals surface area contributed by atoms with Gasteiger partial charge >= 0.3 is 0 Å². The van der Waals surface area contributed by atoms with Gasteiger partial charge in [-0.25, -0.2) is 4.99 Å². The largest absolute Gasteiger partial charge is 0.366 e. The molecule has 1 fully saturated rings. The molecule has 0 radical (unpaired) electrons. The highest BCUT2D eigenvalue weighted by molar-refractivity contribution is 8.03. The van der Waals surface area contributed by atoms with Crippen molar-refractivity contribution in [3.63, 3.8) is 0 Å². The highest BCUT2D eigenvalue weighted by Gasteiger charge is 2.55. The van der Waals surface area contributed by atoms with Crippen LogP contribution in [0, 0.1) is 18.8 Å². The number of allylic oxidation sites excluding steroid dienone is 1. The van der Waals surface area contributed by atoms with Gasteiger partial charge < -0.3 is 4.90 Å². The zero-order valence-electron chi connectivity index (χ0n) is 20.3. The zero-order valence-corrected chi connectivity index (χ0v) is 21.9. The van der Waals surface area contributed by atoms with Gasteiger partial charge in [-0.05, 0) is 115 Å². The summed E-state index contributed by atoms with van der Waals surface area (Å²) in [7, 11) is 2.03. The Morgan fingerprint density at radius 1 is 1.18 bits per heavy atom.